The van der Waals surface area contributed by atoms with E-state index in [1.165, 1.54) is 56.6 Å². The lowest BCUT2D eigenvalue weighted by Crippen LogP contribution is -1.88. The molecule has 0 aliphatic heterocycles. The van der Waals surface area contributed by atoms with Crippen LogP contribution in [0.1, 0.15) is 57.4 Å². The van der Waals surface area contributed by atoms with Crippen LogP contribution >= 0.6 is 15.9 Å². The first-order valence-corrected chi connectivity index (χ1v) is 9.54. The summed E-state index contributed by atoms with van der Waals surface area (Å²) in [6, 6.07) is 13.5. The molecule has 0 nitrogen and oxygen atoms in total. The molecule has 23 heavy (non-hydrogen) atoms. The van der Waals surface area contributed by atoms with Gasteiger partial charge in [-0.15, -0.1) is 0 Å². The highest BCUT2D eigenvalue weighted by Gasteiger charge is 2.05. The lowest BCUT2D eigenvalue weighted by atomic mass is 10.0. The fourth-order valence-electron chi connectivity index (χ4n) is 2.86. The molecule has 0 spiro atoms. The van der Waals surface area contributed by atoms with Crippen LogP contribution in [-0.4, -0.2) is 0 Å². The largest absolute Gasteiger partial charge is 0.206 e. The van der Waals surface area contributed by atoms with E-state index < -0.39 is 0 Å². The van der Waals surface area contributed by atoms with Crippen molar-refractivity contribution in [1.29, 1.82) is 0 Å². The molecule has 2 heteroatoms. The molecule has 0 fully saturated rings. The number of aryl methyl sites for hydroxylation is 1. The normalized spacial score (nSPS) is 10.9. The first kappa shape index (κ1) is 18.2. The molecule has 0 bridgehead atoms. The second kappa shape index (κ2) is 9.87. The molecule has 0 unspecified atom stereocenters. The molecule has 0 aliphatic rings. The molecule has 2 aromatic rings. The third kappa shape index (κ3) is 6.10. The quantitative estimate of drug-likeness (QED) is 0.396. The highest BCUT2D eigenvalue weighted by Crippen LogP contribution is 2.26. The Morgan fingerprint density at radius 2 is 1.48 bits per heavy atom. The van der Waals surface area contributed by atoms with Crippen molar-refractivity contribution in [3.63, 3.8) is 0 Å². The van der Waals surface area contributed by atoms with Crippen molar-refractivity contribution in [2.24, 2.45) is 0 Å². The van der Waals surface area contributed by atoms with Gasteiger partial charge in [0.15, 0.2) is 0 Å². The van der Waals surface area contributed by atoms with E-state index in [2.05, 4.69) is 35.0 Å². The molecule has 0 saturated heterocycles. The average molecular weight is 377 g/mol. The highest BCUT2D eigenvalue weighted by atomic mass is 79.9. The van der Waals surface area contributed by atoms with Gasteiger partial charge in [-0.25, -0.2) is 4.39 Å². The summed E-state index contributed by atoms with van der Waals surface area (Å²) in [5.41, 5.74) is 2.95. The standard InChI is InChI=1S/C21H26BrF/c1-2-3-4-5-6-7-8-9-17-10-12-18(13-11-17)20-15-14-19(22)16-21(20)23/h10-16H,2-9H2,1H3. The molecule has 0 heterocycles. The highest BCUT2D eigenvalue weighted by molar-refractivity contribution is 9.10. The van der Waals surface area contributed by atoms with Crippen LogP contribution in [0.4, 0.5) is 4.39 Å². The monoisotopic (exact) mass is 376 g/mol. The lowest BCUT2D eigenvalue weighted by molar-refractivity contribution is 0.589. The van der Waals surface area contributed by atoms with Gasteiger partial charge in [0, 0.05) is 10.0 Å². The van der Waals surface area contributed by atoms with Crippen LogP contribution in [0.5, 0.6) is 0 Å². The molecular weight excluding hydrogens is 351 g/mol. The van der Waals surface area contributed by atoms with E-state index in [9.17, 15) is 4.39 Å². The Morgan fingerprint density at radius 3 is 2.13 bits per heavy atom. The molecule has 0 aliphatic carbocycles. The predicted molar refractivity (Wildman–Crippen MR) is 101 cm³/mol. The zero-order chi connectivity index (χ0) is 16.5. The second-order valence-corrected chi connectivity index (χ2v) is 7.11. The van der Waals surface area contributed by atoms with Gasteiger partial charge in [0.1, 0.15) is 5.82 Å². The zero-order valence-corrected chi connectivity index (χ0v) is 15.5. The fraction of sp³-hybridized carbons (Fsp3) is 0.429. The van der Waals surface area contributed by atoms with E-state index in [1.54, 1.807) is 0 Å². The van der Waals surface area contributed by atoms with Crippen LogP contribution in [0.25, 0.3) is 11.1 Å². The maximum absolute atomic E-state index is 14.0. The molecule has 0 aromatic heterocycles. The van der Waals surface area contributed by atoms with Gasteiger partial charge >= 0.3 is 0 Å². The van der Waals surface area contributed by atoms with Gasteiger partial charge in [-0.3, -0.25) is 0 Å². The SMILES string of the molecule is CCCCCCCCCc1ccc(-c2ccc(Br)cc2F)cc1. The van der Waals surface area contributed by atoms with E-state index in [-0.39, 0.29) is 5.82 Å². The summed E-state index contributed by atoms with van der Waals surface area (Å²) in [6.45, 7) is 2.25. The summed E-state index contributed by atoms with van der Waals surface area (Å²) in [5, 5.41) is 0. The van der Waals surface area contributed by atoms with Gasteiger partial charge in [0.25, 0.3) is 0 Å². The predicted octanol–water partition coefficient (Wildman–Crippen LogP) is 7.55. The average Bonchev–Trinajstić information content (AvgIpc) is 2.55. The Morgan fingerprint density at radius 1 is 0.826 bits per heavy atom. The summed E-state index contributed by atoms with van der Waals surface area (Å²) in [7, 11) is 0. The molecular formula is C21H26BrF. The van der Waals surface area contributed by atoms with E-state index in [0.717, 1.165) is 16.5 Å². The van der Waals surface area contributed by atoms with Gasteiger partial charge in [-0.05, 0) is 36.1 Å². The third-order valence-electron chi connectivity index (χ3n) is 4.27. The molecule has 0 amide bonds. The Kier molecular flexibility index (Phi) is 7.81. The summed E-state index contributed by atoms with van der Waals surface area (Å²) in [6.07, 6.45) is 10.5. The minimum Gasteiger partial charge on any atom is -0.206 e. The summed E-state index contributed by atoms with van der Waals surface area (Å²) in [4.78, 5) is 0. The number of rotatable bonds is 9. The molecule has 0 saturated carbocycles. The van der Waals surface area contributed by atoms with Crippen molar-refractivity contribution >= 4 is 15.9 Å². The summed E-state index contributed by atoms with van der Waals surface area (Å²) in [5.74, 6) is -0.181. The van der Waals surface area contributed by atoms with Crippen molar-refractivity contribution in [2.75, 3.05) is 0 Å². The van der Waals surface area contributed by atoms with Crippen LogP contribution in [0, 0.1) is 5.82 Å². The minimum atomic E-state index is -0.181. The Balaban J connectivity index is 1.80. The number of benzene rings is 2. The fourth-order valence-corrected chi connectivity index (χ4v) is 3.19. The molecule has 2 rings (SSSR count). The summed E-state index contributed by atoms with van der Waals surface area (Å²) >= 11 is 3.30. The molecule has 0 N–H and O–H groups in total. The molecule has 2 aromatic carbocycles. The molecule has 124 valence electrons. The Hall–Kier alpha value is -1.15. The third-order valence-corrected chi connectivity index (χ3v) is 4.76. The number of unbranched alkanes of at least 4 members (excludes halogenated alkanes) is 6. The van der Waals surface area contributed by atoms with Gasteiger partial charge in [-0.2, -0.15) is 0 Å². The van der Waals surface area contributed by atoms with Gasteiger partial charge in [0.05, 0.1) is 0 Å². The van der Waals surface area contributed by atoms with E-state index in [0.29, 0.717) is 5.56 Å². The van der Waals surface area contributed by atoms with Crippen molar-refractivity contribution in [3.05, 3.63) is 58.3 Å². The van der Waals surface area contributed by atoms with Crippen LogP contribution in [0.3, 0.4) is 0 Å². The van der Waals surface area contributed by atoms with Crippen LogP contribution in [0.2, 0.25) is 0 Å². The second-order valence-electron chi connectivity index (χ2n) is 6.19. The smallest absolute Gasteiger partial charge is 0.132 e. The number of halogens is 2. The summed E-state index contributed by atoms with van der Waals surface area (Å²) < 4.78 is 14.8. The van der Waals surface area contributed by atoms with Crippen molar-refractivity contribution in [2.45, 2.75) is 58.3 Å². The first-order valence-electron chi connectivity index (χ1n) is 8.75. The minimum absolute atomic E-state index is 0.181. The molecule has 0 atom stereocenters. The topological polar surface area (TPSA) is 0 Å². The zero-order valence-electron chi connectivity index (χ0n) is 14.0. The van der Waals surface area contributed by atoms with E-state index in [4.69, 9.17) is 0 Å². The van der Waals surface area contributed by atoms with Gasteiger partial charge in [-0.1, -0.05) is 91.7 Å². The van der Waals surface area contributed by atoms with Crippen molar-refractivity contribution in [1.82, 2.24) is 0 Å². The van der Waals surface area contributed by atoms with Crippen molar-refractivity contribution in [3.8, 4) is 11.1 Å². The van der Waals surface area contributed by atoms with Gasteiger partial charge < -0.3 is 0 Å². The number of hydrogen-bond acceptors (Lipinski definition) is 0. The maximum atomic E-state index is 14.0. The van der Waals surface area contributed by atoms with E-state index >= 15 is 0 Å². The maximum Gasteiger partial charge on any atom is 0.132 e. The first-order chi connectivity index (χ1) is 11.2. The van der Waals surface area contributed by atoms with Crippen LogP contribution < -0.4 is 0 Å². The van der Waals surface area contributed by atoms with E-state index in [1.807, 2.05) is 24.3 Å². The Bertz CT molecular complexity index is 589. The number of hydrogen-bond donors (Lipinski definition) is 0. The lowest BCUT2D eigenvalue weighted by Gasteiger charge is -2.06. The van der Waals surface area contributed by atoms with Crippen LogP contribution in [-0.2, 0) is 6.42 Å². The molecule has 0 radical (unpaired) electrons. The van der Waals surface area contributed by atoms with Gasteiger partial charge in [0.2, 0.25) is 0 Å². The van der Waals surface area contributed by atoms with Crippen LogP contribution in [0.15, 0.2) is 46.9 Å². The Labute approximate surface area is 148 Å². The van der Waals surface area contributed by atoms with Crippen molar-refractivity contribution < 1.29 is 4.39 Å².